The molecule has 2 atom stereocenters. The summed E-state index contributed by atoms with van der Waals surface area (Å²) in [6.07, 6.45) is 1.86. The molecule has 0 unspecified atom stereocenters. The van der Waals surface area contributed by atoms with Crippen molar-refractivity contribution in [2.24, 2.45) is 11.8 Å². The number of hydrogen-bond acceptors (Lipinski definition) is 4. The number of rotatable bonds is 6. The van der Waals surface area contributed by atoms with E-state index in [1.165, 1.54) is 0 Å². The molecule has 5 nitrogen and oxygen atoms in total. The lowest BCUT2D eigenvalue weighted by atomic mass is 10.0. The van der Waals surface area contributed by atoms with E-state index in [4.69, 9.17) is 4.42 Å². The van der Waals surface area contributed by atoms with Gasteiger partial charge in [-0.2, -0.15) is 0 Å². The van der Waals surface area contributed by atoms with Crippen LogP contribution in [0.25, 0.3) is 0 Å². The minimum absolute atomic E-state index is 0.00349. The van der Waals surface area contributed by atoms with Crippen molar-refractivity contribution >= 4 is 23.2 Å². The summed E-state index contributed by atoms with van der Waals surface area (Å²) in [4.78, 5) is 27.7. The van der Waals surface area contributed by atoms with E-state index >= 15 is 0 Å². The third-order valence-corrected chi connectivity index (χ3v) is 5.28. The highest BCUT2D eigenvalue weighted by Gasteiger charge is 2.35. The largest absolute Gasteiger partial charge is 0.467 e. The van der Waals surface area contributed by atoms with Crippen LogP contribution in [0.3, 0.4) is 0 Å². The molecule has 0 spiro atoms. The van der Waals surface area contributed by atoms with Gasteiger partial charge in [-0.05, 0) is 29.5 Å². The number of carbonyl (C=O) groups excluding carboxylic acids is 2. The molecule has 0 bridgehead atoms. The van der Waals surface area contributed by atoms with Crippen LogP contribution >= 0.6 is 11.3 Å². The molecule has 0 saturated carbocycles. The molecule has 1 saturated heterocycles. The second kappa shape index (κ2) is 7.21. The predicted octanol–water partition coefficient (Wildman–Crippen LogP) is 3.20. The van der Waals surface area contributed by atoms with Gasteiger partial charge < -0.3 is 14.6 Å². The Labute approximate surface area is 145 Å². The molecule has 2 aromatic rings. The lowest BCUT2D eigenvalue weighted by Crippen LogP contribution is -2.37. The van der Waals surface area contributed by atoms with Crippen LogP contribution in [-0.2, 0) is 16.1 Å². The minimum Gasteiger partial charge on any atom is -0.467 e. The number of furan rings is 1. The fourth-order valence-corrected chi connectivity index (χ4v) is 3.95. The smallest absolute Gasteiger partial charge is 0.225 e. The molecule has 0 radical (unpaired) electrons. The molecule has 3 heterocycles. The first kappa shape index (κ1) is 16.8. The number of hydrogen-bond donors (Lipinski definition) is 1. The van der Waals surface area contributed by atoms with Gasteiger partial charge in [-0.25, -0.2) is 0 Å². The zero-order chi connectivity index (χ0) is 17.1. The molecule has 0 aromatic carbocycles. The molecule has 1 aliphatic heterocycles. The quantitative estimate of drug-likeness (QED) is 0.874. The summed E-state index contributed by atoms with van der Waals surface area (Å²) < 4.78 is 5.29. The molecule has 1 aliphatic rings. The SMILES string of the molecule is CC(C)[C@@H](NC(=O)[C@@H]1CC(=O)N(Cc2ccco2)C1)c1cccs1. The van der Waals surface area contributed by atoms with E-state index < -0.39 is 0 Å². The van der Waals surface area contributed by atoms with E-state index in [9.17, 15) is 9.59 Å². The normalized spacial score (nSPS) is 19.0. The van der Waals surface area contributed by atoms with Crippen LogP contribution in [-0.4, -0.2) is 23.3 Å². The maximum Gasteiger partial charge on any atom is 0.225 e. The van der Waals surface area contributed by atoms with Crippen LogP contribution in [0, 0.1) is 11.8 Å². The van der Waals surface area contributed by atoms with E-state index in [1.54, 1.807) is 28.6 Å². The molecule has 24 heavy (non-hydrogen) atoms. The van der Waals surface area contributed by atoms with Gasteiger partial charge in [0.25, 0.3) is 0 Å². The summed E-state index contributed by atoms with van der Waals surface area (Å²) in [5.74, 6) is 0.696. The highest BCUT2D eigenvalue weighted by Crippen LogP contribution is 2.27. The summed E-state index contributed by atoms with van der Waals surface area (Å²) in [5.41, 5.74) is 0. The summed E-state index contributed by atoms with van der Waals surface area (Å²) in [6.45, 7) is 5.05. The van der Waals surface area contributed by atoms with Crippen molar-refractivity contribution in [1.82, 2.24) is 10.2 Å². The van der Waals surface area contributed by atoms with Gasteiger partial charge in [0.1, 0.15) is 5.76 Å². The summed E-state index contributed by atoms with van der Waals surface area (Å²) in [5, 5.41) is 5.14. The van der Waals surface area contributed by atoms with Gasteiger partial charge in [0.2, 0.25) is 11.8 Å². The van der Waals surface area contributed by atoms with Crippen LogP contribution in [0.1, 0.15) is 36.9 Å². The van der Waals surface area contributed by atoms with Crippen molar-refractivity contribution in [2.45, 2.75) is 32.9 Å². The van der Waals surface area contributed by atoms with Gasteiger partial charge in [-0.1, -0.05) is 19.9 Å². The van der Waals surface area contributed by atoms with Gasteiger partial charge in [0.15, 0.2) is 0 Å². The molecule has 0 aliphatic carbocycles. The van der Waals surface area contributed by atoms with Crippen LogP contribution in [0.15, 0.2) is 40.3 Å². The lowest BCUT2D eigenvalue weighted by Gasteiger charge is -2.23. The van der Waals surface area contributed by atoms with Crippen molar-refractivity contribution in [1.29, 1.82) is 0 Å². The Morgan fingerprint density at radius 2 is 2.25 bits per heavy atom. The van der Waals surface area contributed by atoms with Crippen molar-refractivity contribution in [3.05, 3.63) is 46.5 Å². The van der Waals surface area contributed by atoms with E-state index in [1.807, 2.05) is 23.6 Å². The lowest BCUT2D eigenvalue weighted by molar-refractivity contribution is -0.129. The average Bonchev–Trinajstić information content (AvgIpc) is 3.27. The summed E-state index contributed by atoms with van der Waals surface area (Å²) in [7, 11) is 0. The van der Waals surface area contributed by atoms with Gasteiger partial charge >= 0.3 is 0 Å². The van der Waals surface area contributed by atoms with Gasteiger partial charge in [0.05, 0.1) is 24.8 Å². The zero-order valence-electron chi connectivity index (χ0n) is 13.9. The van der Waals surface area contributed by atoms with Crippen LogP contribution < -0.4 is 5.32 Å². The summed E-state index contributed by atoms with van der Waals surface area (Å²) >= 11 is 1.64. The monoisotopic (exact) mass is 346 g/mol. The number of amides is 2. The number of thiophene rings is 1. The zero-order valence-corrected chi connectivity index (χ0v) is 14.7. The summed E-state index contributed by atoms with van der Waals surface area (Å²) in [6, 6.07) is 7.66. The number of carbonyl (C=O) groups is 2. The van der Waals surface area contributed by atoms with E-state index in [-0.39, 0.29) is 30.2 Å². The first-order valence-electron chi connectivity index (χ1n) is 8.18. The highest BCUT2D eigenvalue weighted by molar-refractivity contribution is 7.10. The van der Waals surface area contributed by atoms with E-state index in [2.05, 4.69) is 19.2 Å². The Balaban J connectivity index is 1.62. The van der Waals surface area contributed by atoms with Crippen molar-refractivity contribution in [2.75, 3.05) is 6.54 Å². The molecule has 3 rings (SSSR count). The predicted molar refractivity (Wildman–Crippen MR) is 92.3 cm³/mol. The molecular formula is C18H22N2O3S. The van der Waals surface area contributed by atoms with Gasteiger partial charge in [-0.3, -0.25) is 9.59 Å². The Morgan fingerprint density at radius 3 is 2.88 bits per heavy atom. The Bertz CT molecular complexity index is 679. The van der Waals surface area contributed by atoms with Crippen LogP contribution in [0.5, 0.6) is 0 Å². The van der Waals surface area contributed by atoms with Crippen LogP contribution in [0.4, 0.5) is 0 Å². The first-order chi connectivity index (χ1) is 11.5. The van der Waals surface area contributed by atoms with E-state index in [0.29, 0.717) is 19.0 Å². The third kappa shape index (κ3) is 3.70. The molecule has 2 aromatic heterocycles. The minimum atomic E-state index is -0.298. The number of nitrogens with zero attached hydrogens (tertiary/aromatic N) is 1. The van der Waals surface area contributed by atoms with Crippen LogP contribution in [0.2, 0.25) is 0 Å². The standard InChI is InChI=1S/C18H22N2O3S/c1-12(2)17(15-6-4-8-24-15)19-18(22)13-9-16(21)20(10-13)11-14-5-3-7-23-14/h3-8,12-13,17H,9-11H2,1-2H3,(H,19,22)/t13-,17-/m1/s1. The van der Waals surface area contributed by atoms with Crippen molar-refractivity contribution in [3.63, 3.8) is 0 Å². The third-order valence-electron chi connectivity index (χ3n) is 4.33. The molecule has 6 heteroatoms. The topological polar surface area (TPSA) is 62.6 Å². The second-order valence-corrected chi connectivity index (χ2v) is 7.48. The maximum absolute atomic E-state index is 12.6. The maximum atomic E-state index is 12.6. The first-order valence-corrected chi connectivity index (χ1v) is 9.06. The second-order valence-electron chi connectivity index (χ2n) is 6.50. The van der Waals surface area contributed by atoms with Crippen molar-refractivity contribution < 1.29 is 14.0 Å². The Morgan fingerprint density at radius 1 is 1.42 bits per heavy atom. The molecule has 2 amide bonds. The fraction of sp³-hybridized carbons (Fsp3) is 0.444. The van der Waals surface area contributed by atoms with Gasteiger partial charge in [0, 0.05) is 17.8 Å². The van der Waals surface area contributed by atoms with E-state index in [0.717, 1.165) is 10.6 Å². The van der Waals surface area contributed by atoms with Gasteiger partial charge in [-0.15, -0.1) is 11.3 Å². The Kier molecular flexibility index (Phi) is 5.04. The molecule has 1 fully saturated rings. The highest BCUT2D eigenvalue weighted by atomic mass is 32.1. The average molecular weight is 346 g/mol. The Hall–Kier alpha value is -2.08. The molecule has 128 valence electrons. The number of nitrogens with one attached hydrogen (secondary N) is 1. The molecule has 1 N–H and O–H groups in total. The van der Waals surface area contributed by atoms with Crippen molar-refractivity contribution in [3.8, 4) is 0 Å². The molecular weight excluding hydrogens is 324 g/mol. The fourth-order valence-electron chi connectivity index (χ4n) is 3.00. The number of likely N-dealkylation sites (tertiary alicyclic amines) is 1.